The van der Waals surface area contributed by atoms with Gasteiger partial charge in [0.25, 0.3) is 0 Å². The van der Waals surface area contributed by atoms with Crippen LogP contribution in [0.3, 0.4) is 0 Å². The Balaban J connectivity index is 3.34. The number of ether oxygens (including phenoxy) is 1. The van der Waals surface area contributed by atoms with E-state index in [2.05, 4.69) is 43.5 Å². The maximum absolute atomic E-state index is 12.5. The Hall–Kier alpha value is -1.92. The summed E-state index contributed by atoms with van der Waals surface area (Å²) in [6.07, 6.45) is 104. The molecule has 6 heteroatoms. The molecule has 90 heavy (non-hydrogen) atoms. The third-order valence-electron chi connectivity index (χ3n) is 19.4. The van der Waals surface area contributed by atoms with Gasteiger partial charge in [0.1, 0.15) is 0 Å². The Morgan fingerprint density at radius 3 is 0.789 bits per heavy atom. The van der Waals surface area contributed by atoms with Crippen molar-refractivity contribution >= 4 is 11.9 Å². The van der Waals surface area contributed by atoms with Crippen molar-refractivity contribution in [1.29, 1.82) is 0 Å². The van der Waals surface area contributed by atoms with Crippen LogP contribution in [-0.4, -0.2) is 47.4 Å². The largest absolute Gasteiger partial charge is 0.466 e. The summed E-state index contributed by atoms with van der Waals surface area (Å²) < 4.78 is 5.50. The number of rotatable bonds is 78. The van der Waals surface area contributed by atoms with Crippen molar-refractivity contribution in [1.82, 2.24) is 5.32 Å². The quantitative estimate of drug-likeness (QED) is 0.0320. The summed E-state index contributed by atoms with van der Waals surface area (Å²) >= 11 is 0. The van der Waals surface area contributed by atoms with Gasteiger partial charge in [0.2, 0.25) is 5.91 Å². The predicted octanol–water partition coefficient (Wildman–Crippen LogP) is 27.4. The standard InChI is InChI=1S/C84H161NO5/c1-3-5-7-9-11-13-15-17-19-20-42-45-49-52-56-60-64-68-72-76-82(87)81(80-86)85-83(88)77-73-69-65-61-57-53-50-46-43-40-38-36-34-32-30-28-26-24-22-21-23-25-27-29-31-33-35-37-39-41-44-47-51-55-59-63-67-71-75-79-90-84(89)78-74-70-66-62-58-54-48-18-16-14-12-10-8-6-4-2/h18,21-22,48,72,76,81-82,86-87H,3-17,19-20,23-47,49-71,73-75,77-80H2,1-2H3,(H,85,88)/b22-21-,48-18-,76-72+. The fourth-order valence-electron chi connectivity index (χ4n) is 13.1. The van der Waals surface area contributed by atoms with E-state index in [0.717, 1.165) is 44.9 Å². The van der Waals surface area contributed by atoms with E-state index in [1.54, 1.807) is 6.08 Å². The average Bonchev–Trinajstić information content (AvgIpc) is 3.62. The second-order valence-electron chi connectivity index (χ2n) is 28.4. The van der Waals surface area contributed by atoms with E-state index >= 15 is 0 Å². The summed E-state index contributed by atoms with van der Waals surface area (Å²) in [6, 6.07) is -0.625. The van der Waals surface area contributed by atoms with Crippen LogP contribution >= 0.6 is 0 Å². The average molecular weight is 1270 g/mol. The molecule has 0 radical (unpaired) electrons. The van der Waals surface area contributed by atoms with Crippen LogP contribution in [0.4, 0.5) is 0 Å². The second-order valence-corrected chi connectivity index (χ2v) is 28.4. The Labute approximate surface area is 564 Å². The van der Waals surface area contributed by atoms with Gasteiger partial charge >= 0.3 is 5.97 Å². The molecule has 0 aromatic rings. The number of hydrogen-bond acceptors (Lipinski definition) is 5. The Morgan fingerprint density at radius 2 is 0.522 bits per heavy atom. The second kappa shape index (κ2) is 79.5. The monoisotopic (exact) mass is 1260 g/mol. The van der Waals surface area contributed by atoms with Crippen molar-refractivity contribution < 1.29 is 24.5 Å². The minimum absolute atomic E-state index is 0.0151. The lowest BCUT2D eigenvalue weighted by molar-refractivity contribution is -0.143. The number of amides is 1. The van der Waals surface area contributed by atoms with Crippen molar-refractivity contribution in [2.45, 2.75) is 475 Å². The molecule has 2 atom stereocenters. The summed E-state index contributed by atoms with van der Waals surface area (Å²) in [5, 5.41) is 23.3. The van der Waals surface area contributed by atoms with Crippen LogP contribution in [0.1, 0.15) is 463 Å². The number of carbonyl (C=O) groups is 2. The summed E-state index contributed by atoms with van der Waals surface area (Å²) in [5.74, 6) is -0.0443. The minimum atomic E-state index is -0.842. The highest BCUT2D eigenvalue weighted by Gasteiger charge is 2.18. The lowest BCUT2D eigenvalue weighted by Crippen LogP contribution is -2.45. The van der Waals surface area contributed by atoms with Gasteiger partial charge in [-0.2, -0.15) is 0 Å². The maximum atomic E-state index is 12.5. The van der Waals surface area contributed by atoms with Gasteiger partial charge in [-0.05, 0) is 83.5 Å². The first-order valence-electron chi connectivity index (χ1n) is 41.3. The number of nitrogens with one attached hydrogen (secondary N) is 1. The predicted molar refractivity (Wildman–Crippen MR) is 398 cm³/mol. The van der Waals surface area contributed by atoms with Gasteiger partial charge in [0.15, 0.2) is 0 Å². The third kappa shape index (κ3) is 75.1. The zero-order valence-corrected chi connectivity index (χ0v) is 61.1. The molecule has 532 valence electrons. The highest BCUT2D eigenvalue weighted by atomic mass is 16.5. The van der Waals surface area contributed by atoms with Crippen molar-refractivity contribution in [2.24, 2.45) is 0 Å². The first kappa shape index (κ1) is 88.1. The molecule has 0 aromatic carbocycles. The Morgan fingerprint density at radius 1 is 0.300 bits per heavy atom. The van der Waals surface area contributed by atoms with Gasteiger partial charge in [0, 0.05) is 12.8 Å². The van der Waals surface area contributed by atoms with E-state index in [1.807, 2.05) is 6.08 Å². The molecule has 0 saturated heterocycles. The van der Waals surface area contributed by atoms with Crippen molar-refractivity contribution in [3.8, 4) is 0 Å². The number of aliphatic hydroxyl groups is 2. The highest BCUT2D eigenvalue weighted by molar-refractivity contribution is 5.76. The first-order chi connectivity index (χ1) is 44.5. The van der Waals surface area contributed by atoms with Crippen LogP contribution in [0.2, 0.25) is 0 Å². The van der Waals surface area contributed by atoms with Crippen molar-refractivity contribution in [2.75, 3.05) is 13.2 Å². The fourth-order valence-corrected chi connectivity index (χ4v) is 13.1. The lowest BCUT2D eigenvalue weighted by Gasteiger charge is -2.20. The molecule has 1 amide bonds. The number of allylic oxidation sites excluding steroid dienone is 5. The van der Waals surface area contributed by atoms with E-state index in [0.29, 0.717) is 19.4 Å². The van der Waals surface area contributed by atoms with E-state index < -0.39 is 12.1 Å². The van der Waals surface area contributed by atoms with Gasteiger partial charge in [-0.15, -0.1) is 0 Å². The number of carbonyl (C=O) groups excluding carboxylic acids is 2. The molecule has 0 aliphatic rings. The summed E-state index contributed by atoms with van der Waals surface area (Å²) in [4.78, 5) is 24.6. The van der Waals surface area contributed by atoms with Gasteiger partial charge < -0.3 is 20.3 Å². The van der Waals surface area contributed by atoms with Crippen LogP contribution in [0, 0.1) is 0 Å². The Bertz CT molecular complexity index is 1460. The molecule has 0 aromatic heterocycles. The zero-order chi connectivity index (χ0) is 64.9. The van der Waals surface area contributed by atoms with Crippen LogP contribution in [-0.2, 0) is 14.3 Å². The Kier molecular flexibility index (Phi) is 77.8. The minimum Gasteiger partial charge on any atom is -0.466 e. The fraction of sp³-hybridized carbons (Fsp3) is 0.905. The van der Waals surface area contributed by atoms with Gasteiger partial charge in [-0.3, -0.25) is 9.59 Å². The molecule has 0 fully saturated rings. The molecule has 0 bridgehead atoms. The number of hydrogen-bond donors (Lipinski definition) is 3. The summed E-state index contributed by atoms with van der Waals surface area (Å²) in [6.45, 7) is 4.94. The number of unbranched alkanes of at least 4 members (excludes halogenated alkanes) is 63. The van der Waals surface area contributed by atoms with Crippen LogP contribution in [0.25, 0.3) is 0 Å². The van der Waals surface area contributed by atoms with E-state index in [-0.39, 0.29) is 18.5 Å². The molecule has 0 spiro atoms. The van der Waals surface area contributed by atoms with Crippen molar-refractivity contribution in [3.63, 3.8) is 0 Å². The van der Waals surface area contributed by atoms with E-state index in [9.17, 15) is 19.8 Å². The first-order valence-corrected chi connectivity index (χ1v) is 41.3. The normalized spacial score (nSPS) is 12.6. The summed E-state index contributed by atoms with van der Waals surface area (Å²) in [5.41, 5.74) is 0. The topological polar surface area (TPSA) is 95.9 Å². The molecule has 0 aliphatic heterocycles. The third-order valence-corrected chi connectivity index (χ3v) is 19.4. The molecule has 0 heterocycles. The van der Waals surface area contributed by atoms with E-state index in [1.165, 1.54) is 392 Å². The maximum Gasteiger partial charge on any atom is 0.305 e. The van der Waals surface area contributed by atoms with Crippen LogP contribution in [0.15, 0.2) is 36.5 Å². The molecule has 0 aliphatic carbocycles. The zero-order valence-electron chi connectivity index (χ0n) is 61.1. The van der Waals surface area contributed by atoms with E-state index in [4.69, 9.17) is 4.74 Å². The van der Waals surface area contributed by atoms with Gasteiger partial charge in [-0.1, -0.05) is 403 Å². The molecular formula is C84H161NO5. The number of esters is 1. The SMILES string of the molecule is CCCCCCCC/C=C\CCCCCCCC(=O)OCCCCCCCCCCCCCCCCCCCC/C=C\CCCCCCCCCCCCCCCCCCCC(=O)NC(CO)C(O)/C=C/CCCCCCCCCCCCCCCCCCC. The van der Waals surface area contributed by atoms with Crippen LogP contribution in [0.5, 0.6) is 0 Å². The highest BCUT2D eigenvalue weighted by Crippen LogP contribution is 2.20. The molecular weight excluding hydrogens is 1100 g/mol. The summed E-state index contributed by atoms with van der Waals surface area (Å²) in [7, 11) is 0. The van der Waals surface area contributed by atoms with Gasteiger partial charge in [0.05, 0.1) is 25.4 Å². The number of aliphatic hydroxyl groups excluding tert-OH is 2. The molecule has 0 saturated carbocycles. The molecule has 0 rings (SSSR count). The van der Waals surface area contributed by atoms with Crippen molar-refractivity contribution in [3.05, 3.63) is 36.5 Å². The molecule has 2 unspecified atom stereocenters. The lowest BCUT2D eigenvalue weighted by atomic mass is 10.0. The van der Waals surface area contributed by atoms with Crippen LogP contribution < -0.4 is 5.32 Å². The molecule has 3 N–H and O–H groups in total. The smallest absolute Gasteiger partial charge is 0.305 e. The van der Waals surface area contributed by atoms with Gasteiger partial charge in [-0.25, -0.2) is 0 Å². The molecule has 6 nitrogen and oxygen atoms in total.